The molecular weight excluding hydrogens is 378 g/mol. The molecule has 0 saturated carbocycles. The third-order valence-electron chi connectivity index (χ3n) is 5.24. The van der Waals surface area contributed by atoms with Crippen LogP contribution in [0, 0.1) is 0 Å². The Morgan fingerprint density at radius 2 is 2.21 bits per heavy atom. The topological polar surface area (TPSA) is 86.4 Å². The van der Waals surface area contributed by atoms with E-state index in [1.165, 1.54) is 11.8 Å². The van der Waals surface area contributed by atoms with Crippen molar-refractivity contribution in [1.29, 1.82) is 0 Å². The van der Waals surface area contributed by atoms with Crippen LogP contribution in [0.15, 0.2) is 32.6 Å². The average molecular weight is 404 g/mol. The van der Waals surface area contributed by atoms with Crippen molar-refractivity contribution in [2.45, 2.75) is 62.7 Å². The number of thioether (sulfide) groups is 1. The molecule has 1 atom stereocenters. The molecule has 7 nitrogen and oxygen atoms in total. The molecule has 1 amide bonds. The molecule has 2 aromatic heterocycles. The standard InChI is InChI=1S/C20H25N3O4S/c24-18(21-11-14-5-3-9-26-14)13-28-19-16-7-1-2-8-17(16)23(20(25)22-19)12-15-6-4-10-27-15/h3,5,9,15H,1-2,4,6-8,10-13H2,(H,21,24)/t15-/m1/s1. The Balaban J connectivity index is 1.45. The highest BCUT2D eigenvalue weighted by atomic mass is 32.2. The smallest absolute Gasteiger partial charge is 0.348 e. The molecule has 0 spiro atoms. The number of nitrogens with zero attached hydrogens (tertiary/aromatic N) is 2. The van der Waals surface area contributed by atoms with Crippen LogP contribution in [0.2, 0.25) is 0 Å². The van der Waals surface area contributed by atoms with Gasteiger partial charge in [0.25, 0.3) is 0 Å². The molecule has 4 rings (SSSR count). The summed E-state index contributed by atoms with van der Waals surface area (Å²) in [5.74, 6) is 0.844. The summed E-state index contributed by atoms with van der Waals surface area (Å²) >= 11 is 1.35. The summed E-state index contributed by atoms with van der Waals surface area (Å²) in [6.45, 7) is 1.72. The van der Waals surface area contributed by atoms with Crippen LogP contribution in [0.4, 0.5) is 0 Å². The van der Waals surface area contributed by atoms with Crippen LogP contribution < -0.4 is 11.0 Å². The van der Waals surface area contributed by atoms with Gasteiger partial charge in [0.15, 0.2) is 0 Å². The van der Waals surface area contributed by atoms with Crippen molar-refractivity contribution in [3.8, 4) is 0 Å². The zero-order valence-electron chi connectivity index (χ0n) is 15.8. The fraction of sp³-hybridized carbons (Fsp3) is 0.550. The van der Waals surface area contributed by atoms with E-state index >= 15 is 0 Å². The van der Waals surface area contributed by atoms with Crippen molar-refractivity contribution in [3.05, 3.63) is 45.9 Å². The number of hydrogen-bond donors (Lipinski definition) is 1. The maximum Gasteiger partial charge on any atom is 0.348 e. The van der Waals surface area contributed by atoms with Gasteiger partial charge < -0.3 is 14.5 Å². The number of ether oxygens (including phenoxy) is 1. The van der Waals surface area contributed by atoms with E-state index in [9.17, 15) is 9.59 Å². The van der Waals surface area contributed by atoms with Gasteiger partial charge in [-0.3, -0.25) is 9.36 Å². The molecule has 0 aromatic carbocycles. The molecule has 8 heteroatoms. The molecule has 28 heavy (non-hydrogen) atoms. The van der Waals surface area contributed by atoms with Crippen LogP contribution in [-0.2, 0) is 35.5 Å². The van der Waals surface area contributed by atoms with E-state index in [-0.39, 0.29) is 23.5 Å². The Labute approximate surface area is 167 Å². The van der Waals surface area contributed by atoms with E-state index < -0.39 is 0 Å². The van der Waals surface area contributed by atoms with Gasteiger partial charge in [0, 0.05) is 17.9 Å². The van der Waals surface area contributed by atoms with Gasteiger partial charge in [-0.15, -0.1) is 0 Å². The molecular formula is C20H25N3O4S. The van der Waals surface area contributed by atoms with E-state index in [0.29, 0.717) is 23.9 Å². The highest BCUT2D eigenvalue weighted by Crippen LogP contribution is 2.29. The maximum atomic E-state index is 12.7. The van der Waals surface area contributed by atoms with Gasteiger partial charge >= 0.3 is 5.69 Å². The Hall–Kier alpha value is -2.06. The fourth-order valence-corrected chi connectivity index (χ4v) is 4.74. The van der Waals surface area contributed by atoms with Crippen LogP contribution in [0.25, 0.3) is 0 Å². The molecule has 0 radical (unpaired) electrons. The van der Waals surface area contributed by atoms with Gasteiger partial charge in [0.1, 0.15) is 10.8 Å². The maximum absolute atomic E-state index is 12.7. The van der Waals surface area contributed by atoms with E-state index in [2.05, 4.69) is 10.3 Å². The van der Waals surface area contributed by atoms with E-state index in [1.807, 2.05) is 10.6 Å². The molecule has 1 saturated heterocycles. The molecule has 3 heterocycles. The van der Waals surface area contributed by atoms with Crippen LogP contribution in [-0.4, -0.2) is 33.9 Å². The van der Waals surface area contributed by atoms with Crippen LogP contribution in [0.5, 0.6) is 0 Å². The Bertz CT molecular complexity index is 872. The van der Waals surface area contributed by atoms with Gasteiger partial charge in [0.05, 0.1) is 31.2 Å². The third-order valence-corrected chi connectivity index (χ3v) is 6.26. The molecule has 1 N–H and O–H groups in total. The first-order valence-corrected chi connectivity index (χ1v) is 10.9. The summed E-state index contributed by atoms with van der Waals surface area (Å²) in [5.41, 5.74) is 1.99. The summed E-state index contributed by atoms with van der Waals surface area (Å²) in [6, 6.07) is 3.61. The lowest BCUT2D eigenvalue weighted by atomic mass is 9.97. The van der Waals surface area contributed by atoms with Crippen molar-refractivity contribution >= 4 is 17.7 Å². The Morgan fingerprint density at radius 1 is 1.32 bits per heavy atom. The molecule has 2 aromatic rings. The van der Waals surface area contributed by atoms with Crippen molar-refractivity contribution in [2.24, 2.45) is 0 Å². The number of hydrogen-bond acceptors (Lipinski definition) is 6. The normalized spacial score (nSPS) is 18.8. The first-order valence-electron chi connectivity index (χ1n) is 9.87. The average Bonchev–Trinajstić information content (AvgIpc) is 3.41. The second-order valence-electron chi connectivity index (χ2n) is 7.22. The summed E-state index contributed by atoms with van der Waals surface area (Å²) in [5, 5.41) is 3.53. The lowest BCUT2D eigenvalue weighted by Gasteiger charge is -2.24. The number of carbonyl (C=O) groups is 1. The molecule has 0 bridgehead atoms. The zero-order valence-corrected chi connectivity index (χ0v) is 16.6. The Kier molecular flexibility index (Phi) is 6.17. The number of carbonyl (C=O) groups excluding carboxylic acids is 1. The quantitative estimate of drug-likeness (QED) is 0.564. The van der Waals surface area contributed by atoms with Gasteiger partial charge in [-0.05, 0) is 50.7 Å². The van der Waals surface area contributed by atoms with Gasteiger partial charge in [-0.2, -0.15) is 4.98 Å². The van der Waals surface area contributed by atoms with Gasteiger partial charge in [-0.25, -0.2) is 4.79 Å². The second-order valence-corrected chi connectivity index (χ2v) is 8.19. The summed E-state index contributed by atoms with van der Waals surface area (Å²) < 4.78 is 12.7. The van der Waals surface area contributed by atoms with Crippen LogP contribution in [0.3, 0.4) is 0 Å². The zero-order chi connectivity index (χ0) is 19.3. The predicted octanol–water partition coefficient (Wildman–Crippen LogP) is 2.30. The molecule has 1 aliphatic heterocycles. The monoisotopic (exact) mass is 403 g/mol. The van der Waals surface area contributed by atoms with Gasteiger partial charge in [0.2, 0.25) is 5.91 Å². The summed E-state index contributed by atoms with van der Waals surface area (Å²) in [7, 11) is 0. The summed E-state index contributed by atoms with van der Waals surface area (Å²) in [4.78, 5) is 29.2. The number of fused-ring (bicyclic) bond motifs is 1. The number of nitrogens with one attached hydrogen (secondary N) is 1. The summed E-state index contributed by atoms with van der Waals surface area (Å²) in [6.07, 6.45) is 7.70. The first-order chi connectivity index (χ1) is 13.7. The second kappa shape index (κ2) is 8.96. The number of amides is 1. The van der Waals surface area contributed by atoms with E-state index in [1.54, 1.807) is 12.3 Å². The highest BCUT2D eigenvalue weighted by Gasteiger charge is 2.24. The minimum atomic E-state index is -0.227. The lowest BCUT2D eigenvalue weighted by molar-refractivity contribution is -0.118. The number of aromatic nitrogens is 2. The minimum Gasteiger partial charge on any atom is -0.467 e. The first kappa shape index (κ1) is 19.3. The number of rotatable bonds is 7. The van der Waals surface area contributed by atoms with E-state index in [0.717, 1.165) is 56.4 Å². The van der Waals surface area contributed by atoms with Crippen molar-refractivity contribution in [2.75, 3.05) is 12.4 Å². The molecule has 0 unspecified atom stereocenters. The number of furan rings is 1. The van der Waals surface area contributed by atoms with Crippen LogP contribution >= 0.6 is 11.8 Å². The lowest BCUT2D eigenvalue weighted by Crippen LogP contribution is -2.34. The van der Waals surface area contributed by atoms with Gasteiger partial charge in [-0.1, -0.05) is 11.8 Å². The van der Waals surface area contributed by atoms with Crippen molar-refractivity contribution in [3.63, 3.8) is 0 Å². The minimum absolute atomic E-state index is 0.101. The predicted molar refractivity (Wildman–Crippen MR) is 105 cm³/mol. The largest absolute Gasteiger partial charge is 0.467 e. The molecule has 150 valence electrons. The fourth-order valence-electron chi connectivity index (χ4n) is 3.83. The van der Waals surface area contributed by atoms with Crippen molar-refractivity contribution in [1.82, 2.24) is 14.9 Å². The highest BCUT2D eigenvalue weighted by molar-refractivity contribution is 7.99. The van der Waals surface area contributed by atoms with Crippen molar-refractivity contribution < 1.29 is 13.9 Å². The van der Waals surface area contributed by atoms with Crippen LogP contribution in [0.1, 0.15) is 42.7 Å². The third kappa shape index (κ3) is 4.50. The Morgan fingerprint density at radius 3 is 3.00 bits per heavy atom. The molecule has 2 aliphatic rings. The molecule has 1 aliphatic carbocycles. The molecule has 1 fully saturated rings. The SMILES string of the molecule is O=C(CSc1nc(=O)n(C[C@H]2CCCO2)c2c1CCCC2)NCc1ccco1. The van der Waals surface area contributed by atoms with E-state index in [4.69, 9.17) is 9.15 Å².